The van der Waals surface area contributed by atoms with Crippen LogP contribution in [0.5, 0.6) is 11.6 Å². The molecule has 106 valence electrons. The summed E-state index contributed by atoms with van der Waals surface area (Å²) in [4.78, 5) is 3.90. The highest BCUT2D eigenvalue weighted by atomic mass is 35.5. The van der Waals surface area contributed by atoms with Gasteiger partial charge in [-0.2, -0.15) is 13.2 Å². The number of ether oxygens (including phenoxy) is 2. The quantitative estimate of drug-likeness (QED) is 0.826. The molecule has 0 bridgehead atoms. The van der Waals surface area contributed by atoms with E-state index in [-0.39, 0.29) is 16.7 Å². The number of halogens is 4. The molecule has 1 saturated carbocycles. The SMILES string of the molecule is FC(F)(F)COc1ccnc(OCC2CCC2)c1Cl. The molecule has 1 aliphatic rings. The number of hydrogen-bond acceptors (Lipinski definition) is 3. The second kappa shape index (κ2) is 5.86. The van der Waals surface area contributed by atoms with Crippen LogP contribution >= 0.6 is 11.6 Å². The van der Waals surface area contributed by atoms with E-state index in [0.717, 1.165) is 12.8 Å². The molecule has 3 nitrogen and oxygen atoms in total. The lowest BCUT2D eigenvalue weighted by molar-refractivity contribution is -0.153. The van der Waals surface area contributed by atoms with Crippen molar-refractivity contribution in [2.24, 2.45) is 5.92 Å². The van der Waals surface area contributed by atoms with E-state index in [1.54, 1.807) is 0 Å². The maximum atomic E-state index is 12.1. The van der Waals surface area contributed by atoms with Gasteiger partial charge in [0.15, 0.2) is 6.61 Å². The number of aromatic nitrogens is 1. The van der Waals surface area contributed by atoms with Crippen molar-refractivity contribution in [2.75, 3.05) is 13.2 Å². The third-order valence-electron chi connectivity index (χ3n) is 2.89. The van der Waals surface area contributed by atoms with Crippen molar-refractivity contribution in [3.05, 3.63) is 17.3 Å². The van der Waals surface area contributed by atoms with E-state index in [9.17, 15) is 13.2 Å². The van der Waals surface area contributed by atoms with Crippen LogP contribution in [0, 0.1) is 5.92 Å². The average Bonchev–Trinajstić information content (AvgIpc) is 2.26. The van der Waals surface area contributed by atoms with Crippen LogP contribution in [0.4, 0.5) is 13.2 Å². The first kappa shape index (κ1) is 14.2. The molecular weight excluding hydrogens is 283 g/mol. The predicted octanol–water partition coefficient (Wildman–Crippen LogP) is 3.86. The molecule has 19 heavy (non-hydrogen) atoms. The van der Waals surface area contributed by atoms with Gasteiger partial charge >= 0.3 is 6.18 Å². The monoisotopic (exact) mass is 295 g/mol. The number of pyridine rings is 1. The maximum absolute atomic E-state index is 12.1. The van der Waals surface area contributed by atoms with Crippen molar-refractivity contribution in [3.8, 4) is 11.6 Å². The second-order valence-corrected chi connectivity index (χ2v) is 4.82. The third-order valence-corrected chi connectivity index (χ3v) is 3.24. The van der Waals surface area contributed by atoms with Gasteiger partial charge in [-0.25, -0.2) is 4.98 Å². The summed E-state index contributed by atoms with van der Waals surface area (Å²) >= 11 is 5.90. The lowest BCUT2D eigenvalue weighted by atomic mass is 9.86. The molecule has 1 heterocycles. The highest BCUT2D eigenvalue weighted by molar-refractivity contribution is 6.33. The van der Waals surface area contributed by atoms with Gasteiger partial charge in [0.05, 0.1) is 6.61 Å². The highest BCUT2D eigenvalue weighted by Crippen LogP contribution is 2.34. The first-order valence-electron chi connectivity index (χ1n) is 5.92. The van der Waals surface area contributed by atoms with E-state index in [1.807, 2.05) is 0 Å². The smallest absolute Gasteiger partial charge is 0.422 e. The van der Waals surface area contributed by atoms with Gasteiger partial charge in [-0.1, -0.05) is 18.0 Å². The van der Waals surface area contributed by atoms with Gasteiger partial charge in [-0.05, 0) is 18.8 Å². The molecule has 1 aromatic rings. The summed E-state index contributed by atoms with van der Waals surface area (Å²) in [5, 5.41) is -0.0222. The van der Waals surface area contributed by atoms with Crippen molar-refractivity contribution >= 4 is 11.6 Å². The van der Waals surface area contributed by atoms with Gasteiger partial charge in [0.1, 0.15) is 10.8 Å². The van der Waals surface area contributed by atoms with E-state index in [4.69, 9.17) is 16.3 Å². The topological polar surface area (TPSA) is 31.4 Å². The van der Waals surface area contributed by atoms with Crippen molar-refractivity contribution in [2.45, 2.75) is 25.4 Å². The van der Waals surface area contributed by atoms with Crippen LogP contribution in [0.15, 0.2) is 12.3 Å². The lowest BCUT2D eigenvalue weighted by Crippen LogP contribution is -2.20. The van der Waals surface area contributed by atoms with Gasteiger partial charge in [0, 0.05) is 12.3 Å². The van der Waals surface area contributed by atoms with Crippen molar-refractivity contribution in [1.82, 2.24) is 4.98 Å². The molecule has 2 rings (SSSR count). The summed E-state index contributed by atoms with van der Waals surface area (Å²) in [5.41, 5.74) is 0. The summed E-state index contributed by atoms with van der Waals surface area (Å²) in [5.74, 6) is 0.531. The van der Waals surface area contributed by atoms with Crippen LogP contribution < -0.4 is 9.47 Å². The van der Waals surface area contributed by atoms with E-state index < -0.39 is 12.8 Å². The van der Waals surface area contributed by atoms with Crippen molar-refractivity contribution in [1.29, 1.82) is 0 Å². The fraction of sp³-hybridized carbons (Fsp3) is 0.583. The summed E-state index contributed by atoms with van der Waals surface area (Å²) in [7, 11) is 0. The molecule has 0 aromatic carbocycles. The zero-order valence-electron chi connectivity index (χ0n) is 10.0. The minimum absolute atomic E-state index is 0.0222. The van der Waals surface area contributed by atoms with Crippen LogP contribution in [0.2, 0.25) is 5.02 Å². The van der Waals surface area contributed by atoms with Crippen LogP contribution in [0.1, 0.15) is 19.3 Å². The minimum atomic E-state index is -4.40. The second-order valence-electron chi connectivity index (χ2n) is 4.44. The van der Waals surface area contributed by atoms with E-state index in [2.05, 4.69) is 9.72 Å². The Hall–Kier alpha value is -1.17. The number of nitrogens with zero attached hydrogens (tertiary/aromatic N) is 1. The summed E-state index contributed by atoms with van der Waals surface area (Å²) in [6.45, 7) is -0.908. The molecule has 0 radical (unpaired) electrons. The largest absolute Gasteiger partial charge is 0.482 e. The molecule has 0 unspecified atom stereocenters. The third kappa shape index (κ3) is 4.16. The summed E-state index contributed by atoms with van der Waals surface area (Å²) < 4.78 is 46.2. The summed E-state index contributed by atoms with van der Waals surface area (Å²) in [6.07, 6.45) is 0.293. The van der Waals surface area contributed by atoms with Gasteiger partial charge in [0.2, 0.25) is 5.88 Å². The predicted molar refractivity (Wildman–Crippen MR) is 63.6 cm³/mol. The number of alkyl halides is 3. The Morgan fingerprint density at radius 1 is 1.32 bits per heavy atom. The van der Waals surface area contributed by atoms with E-state index in [1.165, 1.54) is 18.7 Å². The summed E-state index contributed by atoms with van der Waals surface area (Å²) in [6, 6.07) is 1.28. The standard InChI is InChI=1S/C12H13ClF3NO2/c13-10-9(19-7-12(14,15)16)4-5-17-11(10)18-6-8-2-1-3-8/h4-5,8H,1-3,6-7H2. The Balaban J connectivity index is 1.96. The Labute approximate surface area is 113 Å². The Morgan fingerprint density at radius 2 is 2.05 bits per heavy atom. The molecule has 1 aromatic heterocycles. The van der Waals surface area contributed by atoms with Gasteiger partial charge in [-0.3, -0.25) is 0 Å². The Kier molecular flexibility index (Phi) is 4.39. The van der Waals surface area contributed by atoms with Gasteiger partial charge in [-0.15, -0.1) is 0 Å². The van der Waals surface area contributed by atoms with Crippen molar-refractivity contribution < 1.29 is 22.6 Å². The van der Waals surface area contributed by atoms with Crippen LogP contribution in [0.3, 0.4) is 0 Å². The van der Waals surface area contributed by atoms with Gasteiger partial charge < -0.3 is 9.47 Å². The lowest BCUT2D eigenvalue weighted by Gasteiger charge is -2.25. The molecule has 0 amide bonds. The molecular formula is C12H13ClF3NO2. The Morgan fingerprint density at radius 3 is 2.63 bits per heavy atom. The average molecular weight is 296 g/mol. The maximum Gasteiger partial charge on any atom is 0.422 e. The highest BCUT2D eigenvalue weighted by Gasteiger charge is 2.29. The molecule has 0 atom stereocenters. The molecule has 0 aliphatic heterocycles. The molecule has 1 aliphatic carbocycles. The molecule has 0 saturated heterocycles. The fourth-order valence-corrected chi connectivity index (χ4v) is 1.86. The van der Waals surface area contributed by atoms with Crippen LogP contribution in [-0.4, -0.2) is 24.4 Å². The van der Waals surface area contributed by atoms with E-state index in [0.29, 0.717) is 12.5 Å². The fourth-order valence-electron chi connectivity index (χ4n) is 1.64. The zero-order valence-corrected chi connectivity index (χ0v) is 10.8. The Bertz CT molecular complexity index is 435. The van der Waals surface area contributed by atoms with Crippen LogP contribution in [-0.2, 0) is 0 Å². The van der Waals surface area contributed by atoms with E-state index >= 15 is 0 Å². The van der Waals surface area contributed by atoms with Gasteiger partial charge in [0.25, 0.3) is 0 Å². The number of rotatable bonds is 5. The molecule has 7 heteroatoms. The van der Waals surface area contributed by atoms with Crippen molar-refractivity contribution in [3.63, 3.8) is 0 Å². The molecule has 0 spiro atoms. The van der Waals surface area contributed by atoms with Crippen LogP contribution in [0.25, 0.3) is 0 Å². The minimum Gasteiger partial charge on any atom is -0.482 e. The zero-order chi connectivity index (χ0) is 13.9. The molecule has 1 fully saturated rings. The molecule has 0 N–H and O–H groups in total. The first-order chi connectivity index (χ1) is 8.96. The first-order valence-corrected chi connectivity index (χ1v) is 6.30. The normalized spacial score (nSPS) is 16.0. The number of hydrogen-bond donors (Lipinski definition) is 0.